The fraction of sp³-hybridized carbons (Fsp3) is 0.571. The lowest BCUT2D eigenvalue weighted by molar-refractivity contribution is 0.242. The highest BCUT2D eigenvalue weighted by Gasteiger charge is 2.12. The van der Waals surface area contributed by atoms with E-state index in [2.05, 4.69) is 26.0 Å². The van der Waals surface area contributed by atoms with Crippen LogP contribution in [0.15, 0.2) is 24.3 Å². The first-order valence-electron chi connectivity index (χ1n) is 6.06. The van der Waals surface area contributed by atoms with E-state index in [-0.39, 0.29) is 12.1 Å². The van der Waals surface area contributed by atoms with Crippen molar-refractivity contribution in [2.75, 3.05) is 0 Å². The molecule has 2 nitrogen and oxygen atoms in total. The molecule has 16 heavy (non-hydrogen) atoms. The van der Waals surface area contributed by atoms with Crippen LogP contribution in [0.1, 0.15) is 45.6 Å². The lowest BCUT2D eigenvalue weighted by atomic mass is 9.92. The molecule has 0 bridgehead atoms. The predicted molar refractivity (Wildman–Crippen MR) is 68.9 cm³/mol. The summed E-state index contributed by atoms with van der Waals surface area (Å²) in [5, 5.41) is 0. The highest BCUT2D eigenvalue weighted by Crippen LogP contribution is 2.22. The third-order valence-corrected chi connectivity index (χ3v) is 2.89. The van der Waals surface area contributed by atoms with E-state index >= 15 is 0 Å². The largest absolute Gasteiger partial charge is 0.491 e. The van der Waals surface area contributed by atoms with Crippen LogP contribution in [0.5, 0.6) is 5.75 Å². The molecular weight excluding hydrogens is 198 g/mol. The minimum Gasteiger partial charge on any atom is -0.491 e. The smallest absolute Gasteiger partial charge is 0.119 e. The quantitative estimate of drug-likeness (QED) is 0.828. The van der Waals surface area contributed by atoms with Gasteiger partial charge in [-0.25, -0.2) is 0 Å². The van der Waals surface area contributed by atoms with Crippen LogP contribution in [0.4, 0.5) is 0 Å². The van der Waals surface area contributed by atoms with Crippen molar-refractivity contribution in [2.45, 2.75) is 52.2 Å². The van der Waals surface area contributed by atoms with Gasteiger partial charge in [-0.05, 0) is 43.9 Å². The summed E-state index contributed by atoms with van der Waals surface area (Å²) in [5.74, 6) is 1.33. The van der Waals surface area contributed by atoms with E-state index in [9.17, 15) is 0 Å². The van der Waals surface area contributed by atoms with E-state index in [0.717, 1.165) is 12.2 Å². The maximum atomic E-state index is 6.04. The number of ether oxygens (including phenoxy) is 1. The molecule has 0 aliphatic carbocycles. The van der Waals surface area contributed by atoms with Gasteiger partial charge in [0, 0.05) is 6.04 Å². The normalized spacial score (nSPS) is 14.9. The second kappa shape index (κ2) is 5.90. The Labute approximate surface area is 98.8 Å². The summed E-state index contributed by atoms with van der Waals surface area (Å²) in [5.41, 5.74) is 7.32. The molecule has 0 heterocycles. The number of benzene rings is 1. The van der Waals surface area contributed by atoms with Gasteiger partial charge in [0.15, 0.2) is 0 Å². The molecule has 0 spiro atoms. The van der Waals surface area contributed by atoms with Crippen LogP contribution in [0.3, 0.4) is 0 Å². The summed E-state index contributed by atoms with van der Waals surface area (Å²) in [6, 6.07) is 8.50. The van der Waals surface area contributed by atoms with Gasteiger partial charge in [-0.15, -0.1) is 0 Å². The molecule has 0 fully saturated rings. The van der Waals surface area contributed by atoms with Crippen molar-refractivity contribution in [3.05, 3.63) is 29.8 Å². The number of hydrogen-bond acceptors (Lipinski definition) is 2. The van der Waals surface area contributed by atoms with Crippen molar-refractivity contribution in [1.82, 2.24) is 0 Å². The number of hydrogen-bond donors (Lipinski definition) is 1. The van der Waals surface area contributed by atoms with Crippen LogP contribution in [-0.2, 0) is 0 Å². The first kappa shape index (κ1) is 13.0. The third kappa shape index (κ3) is 3.53. The van der Waals surface area contributed by atoms with Crippen molar-refractivity contribution < 1.29 is 4.74 Å². The van der Waals surface area contributed by atoms with Gasteiger partial charge in [0.2, 0.25) is 0 Å². The minimum atomic E-state index is 0.223. The second-order valence-corrected chi connectivity index (χ2v) is 4.60. The minimum absolute atomic E-state index is 0.223. The fourth-order valence-corrected chi connectivity index (χ4v) is 1.72. The summed E-state index contributed by atoms with van der Waals surface area (Å²) in [6.45, 7) is 8.36. The molecule has 0 radical (unpaired) electrons. The van der Waals surface area contributed by atoms with Gasteiger partial charge in [-0.3, -0.25) is 0 Å². The zero-order chi connectivity index (χ0) is 12.1. The van der Waals surface area contributed by atoms with E-state index in [1.165, 1.54) is 5.56 Å². The number of nitrogens with two attached hydrogens (primary N) is 1. The highest BCUT2D eigenvalue weighted by atomic mass is 16.5. The van der Waals surface area contributed by atoms with Gasteiger partial charge in [0.25, 0.3) is 0 Å². The first-order chi connectivity index (χ1) is 7.54. The molecular formula is C14H23NO. The molecule has 0 aliphatic heterocycles. The van der Waals surface area contributed by atoms with E-state index in [1.807, 2.05) is 26.0 Å². The molecule has 2 N–H and O–H groups in total. The van der Waals surface area contributed by atoms with E-state index in [0.29, 0.717) is 5.92 Å². The molecule has 2 atom stereocenters. The van der Waals surface area contributed by atoms with Gasteiger partial charge >= 0.3 is 0 Å². The zero-order valence-corrected chi connectivity index (χ0v) is 10.7. The summed E-state index contributed by atoms with van der Waals surface area (Å²) >= 11 is 0. The molecule has 2 unspecified atom stereocenters. The Morgan fingerprint density at radius 1 is 1.12 bits per heavy atom. The number of rotatable bonds is 5. The Morgan fingerprint density at radius 3 is 2.12 bits per heavy atom. The molecule has 2 heteroatoms. The van der Waals surface area contributed by atoms with Gasteiger partial charge in [-0.1, -0.05) is 26.0 Å². The molecule has 90 valence electrons. The van der Waals surface area contributed by atoms with Crippen LogP contribution in [-0.4, -0.2) is 12.1 Å². The summed E-state index contributed by atoms with van der Waals surface area (Å²) in [6.07, 6.45) is 1.23. The van der Waals surface area contributed by atoms with Crippen LogP contribution in [0, 0.1) is 0 Å². The van der Waals surface area contributed by atoms with E-state index in [1.54, 1.807) is 0 Å². The molecule has 1 aromatic rings. The monoisotopic (exact) mass is 221 g/mol. The lowest BCUT2D eigenvalue weighted by Gasteiger charge is -2.19. The van der Waals surface area contributed by atoms with Crippen LogP contribution < -0.4 is 10.5 Å². The van der Waals surface area contributed by atoms with Gasteiger partial charge < -0.3 is 10.5 Å². The van der Waals surface area contributed by atoms with Crippen LogP contribution in [0.25, 0.3) is 0 Å². The summed E-state index contributed by atoms with van der Waals surface area (Å²) < 4.78 is 5.60. The Balaban J connectivity index is 2.70. The Morgan fingerprint density at radius 2 is 1.69 bits per heavy atom. The summed E-state index contributed by atoms with van der Waals surface area (Å²) in [4.78, 5) is 0. The first-order valence-corrected chi connectivity index (χ1v) is 6.06. The van der Waals surface area contributed by atoms with Crippen molar-refractivity contribution >= 4 is 0 Å². The van der Waals surface area contributed by atoms with E-state index < -0.39 is 0 Å². The lowest BCUT2D eigenvalue weighted by Crippen LogP contribution is -2.25. The second-order valence-electron chi connectivity index (χ2n) is 4.60. The maximum absolute atomic E-state index is 6.04. The van der Waals surface area contributed by atoms with Crippen molar-refractivity contribution in [2.24, 2.45) is 5.73 Å². The zero-order valence-electron chi connectivity index (χ0n) is 10.7. The molecule has 0 saturated carbocycles. The van der Waals surface area contributed by atoms with Crippen molar-refractivity contribution in [3.63, 3.8) is 0 Å². The molecule has 0 aromatic heterocycles. The van der Waals surface area contributed by atoms with E-state index in [4.69, 9.17) is 10.5 Å². The molecule has 0 aliphatic rings. The highest BCUT2D eigenvalue weighted by molar-refractivity contribution is 5.30. The topological polar surface area (TPSA) is 35.2 Å². The molecule has 1 aromatic carbocycles. The average Bonchev–Trinajstić information content (AvgIpc) is 2.27. The average molecular weight is 221 g/mol. The summed E-state index contributed by atoms with van der Waals surface area (Å²) in [7, 11) is 0. The van der Waals surface area contributed by atoms with Crippen LogP contribution in [0.2, 0.25) is 0 Å². The SMILES string of the molecule is CCC(N)C(C)c1ccc(OC(C)C)cc1. The Hall–Kier alpha value is -1.02. The van der Waals surface area contributed by atoms with Crippen molar-refractivity contribution in [1.29, 1.82) is 0 Å². The molecule has 1 rings (SSSR count). The van der Waals surface area contributed by atoms with Crippen molar-refractivity contribution in [3.8, 4) is 5.75 Å². The maximum Gasteiger partial charge on any atom is 0.119 e. The predicted octanol–water partition coefficient (Wildman–Crippen LogP) is 3.31. The van der Waals surface area contributed by atoms with Gasteiger partial charge in [0.05, 0.1) is 6.10 Å². The third-order valence-electron chi connectivity index (χ3n) is 2.89. The van der Waals surface area contributed by atoms with Gasteiger partial charge in [-0.2, -0.15) is 0 Å². The van der Waals surface area contributed by atoms with Crippen LogP contribution >= 0.6 is 0 Å². The fourth-order valence-electron chi connectivity index (χ4n) is 1.72. The Kier molecular flexibility index (Phi) is 4.81. The molecule has 0 saturated heterocycles. The van der Waals surface area contributed by atoms with Gasteiger partial charge in [0.1, 0.15) is 5.75 Å². The standard InChI is InChI=1S/C14H23NO/c1-5-14(15)11(4)12-6-8-13(9-7-12)16-10(2)3/h6-11,14H,5,15H2,1-4H3. The Bertz CT molecular complexity index is 305. The molecule has 0 amide bonds.